The van der Waals surface area contributed by atoms with Gasteiger partial charge in [-0.15, -0.1) is 11.6 Å². The summed E-state index contributed by atoms with van der Waals surface area (Å²) in [6.07, 6.45) is 2.99. The Morgan fingerprint density at radius 3 is 2.62 bits per heavy atom. The normalized spacial score (nSPS) is 10.9. The summed E-state index contributed by atoms with van der Waals surface area (Å²) in [7, 11) is 2.05. The molecule has 0 aliphatic rings. The fourth-order valence-corrected chi connectivity index (χ4v) is 1.77. The Bertz CT molecular complexity index is 339. The van der Waals surface area contributed by atoms with Crippen molar-refractivity contribution in [3.63, 3.8) is 0 Å². The van der Waals surface area contributed by atoms with Gasteiger partial charge in [-0.3, -0.25) is 0 Å². The summed E-state index contributed by atoms with van der Waals surface area (Å²) in [6, 6.07) is 0. The highest BCUT2D eigenvalue weighted by molar-refractivity contribution is 6.17. The van der Waals surface area contributed by atoms with Crippen molar-refractivity contribution in [2.24, 2.45) is 0 Å². The van der Waals surface area contributed by atoms with Crippen LogP contribution in [0.4, 0.5) is 5.69 Å². The Labute approximate surface area is 103 Å². The van der Waals surface area contributed by atoms with E-state index in [1.54, 1.807) is 0 Å². The van der Waals surface area contributed by atoms with Crippen molar-refractivity contribution >= 4 is 17.3 Å². The Morgan fingerprint density at radius 2 is 2.12 bits per heavy atom. The topological polar surface area (TPSA) is 29.0 Å². The summed E-state index contributed by atoms with van der Waals surface area (Å²) in [5.74, 6) is 1.64. The molecule has 0 aliphatic heterocycles. The molecule has 1 heterocycles. The van der Waals surface area contributed by atoms with Crippen LogP contribution in [0.3, 0.4) is 0 Å². The van der Waals surface area contributed by atoms with Crippen molar-refractivity contribution < 1.29 is 0 Å². The first-order chi connectivity index (χ1) is 7.60. The predicted molar refractivity (Wildman–Crippen MR) is 69.2 cm³/mol. The van der Waals surface area contributed by atoms with E-state index in [4.69, 9.17) is 11.6 Å². The van der Waals surface area contributed by atoms with Crippen LogP contribution < -0.4 is 4.90 Å². The lowest BCUT2D eigenvalue weighted by Crippen LogP contribution is -2.20. The maximum absolute atomic E-state index is 5.94. The van der Waals surface area contributed by atoms with Gasteiger partial charge in [-0.1, -0.05) is 20.8 Å². The minimum atomic E-state index is 0.340. The zero-order chi connectivity index (χ0) is 12.1. The van der Waals surface area contributed by atoms with Gasteiger partial charge >= 0.3 is 0 Å². The second kappa shape index (κ2) is 6.04. The highest BCUT2D eigenvalue weighted by Crippen LogP contribution is 2.21. The van der Waals surface area contributed by atoms with Crippen LogP contribution in [0.2, 0.25) is 0 Å². The number of rotatable bonds is 5. The largest absolute Gasteiger partial charge is 0.372 e. The molecular weight excluding hydrogens is 222 g/mol. The average molecular weight is 242 g/mol. The maximum Gasteiger partial charge on any atom is 0.131 e. The van der Waals surface area contributed by atoms with E-state index in [0.29, 0.717) is 11.8 Å². The number of halogens is 1. The Morgan fingerprint density at radius 1 is 1.44 bits per heavy atom. The minimum absolute atomic E-state index is 0.340. The minimum Gasteiger partial charge on any atom is -0.372 e. The van der Waals surface area contributed by atoms with Crippen molar-refractivity contribution in [2.45, 2.75) is 39.0 Å². The van der Waals surface area contributed by atoms with E-state index >= 15 is 0 Å². The van der Waals surface area contributed by atoms with Crippen molar-refractivity contribution in [1.82, 2.24) is 9.97 Å². The summed E-state index contributed by atoms with van der Waals surface area (Å²) >= 11 is 5.94. The predicted octanol–water partition coefficient (Wildman–Crippen LogP) is 3.19. The van der Waals surface area contributed by atoms with E-state index in [-0.39, 0.29) is 0 Å². The summed E-state index contributed by atoms with van der Waals surface area (Å²) in [6.45, 7) is 7.32. The second-order valence-electron chi connectivity index (χ2n) is 4.27. The van der Waals surface area contributed by atoms with Gasteiger partial charge in [0.15, 0.2) is 0 Å². The molecule has 0 bridgehead atoms. The molecule has 0 fully saturated rings. The third-order valence-electron chi connectivity index (χ3n) is 2.48. The summed E-state index contributed by atoms with van der Waals surface area (Å²) in [5, 5.41) is 0. The van der Waals surface area contributed by atoms with Crippen LogP contribution in [0.15, 0.2) is 6.20 Å². The molecule has 0 amide bonds. The molecule has 0 spiro atoms. The first kappa shape index (κ1) is 13.2. The molecule has 0 N–H and O–H groups in total. The van der Waals surface area contributed by atoms with Crippen LogP contribution in [-0.2, 0) is 5.88 Å². The molecule has 1 aromatic heterocycles. The summed E-state index contributed by atoms with van der Waals surface area (Å²) < 4.78 is 0. The van der Waals surface area contributed by atoms with Gasteiger partial charge in [0.25, 0.3) is 0 Å². The molecule has 4 heteroatoms. The first-order valence-electron chi connectivity index (χ1n) is 5.73. The molecule has 0 unspecified atom stereocenters. The molecule has 0 saturated heterocycles. The molecule has 0 radical (unpaired) electrons. The van der Waals surface area contributed by atoms with E-state index in [1.807, 2.05) is 13.2 Å². The lowest BCUT2D eigenvalue weighted by atomic mass is 10.2. The van der Waals surface area contributed by atoms with Crippen LogP contribution >= 0.6 is 11.6 Å². The molecule has 16 heavy (non-hydrogen) atoms. The lowest BCUT2D eigenvalue weighted by Gasteiger charge is -2.20. The monoisotopic (exact) mass is 241 g/mol. The standard InChI is InChI=1S/C12H20ClN3/c1-5-6-16(4)11-8-14-12(9(2)3)15-10(11)7-13/h8-9H,5-7H2,1-4H3. The van der Waals surface area contributed by atoms with E-state index in [9.17, 15) is 0 Å². The van der Waals surface area contributed by atoms with Crippen molar-refractivity contribution in [1.29, 1.82) is 0 Å². The first-order valence-corrected chi connectivity index (χ1v) is 6.26. The van der Waals surface area contributed by atoms with Crippen LogP contribution in [0.1, 0.15) is 44.6 Å². The molecule has 3 nitrogen and oxygen atoms in total. The molecule has 0 saturated carbocycles. The Balaban J connectivity index is 3.01. The van der Waals surface area contributed by atoms with E-state index in [1.165, 1.54) is 0 Å². The number of nitrogens with zero attached hydrogens (tertiary/aromatic N) is 3. The molecule has 1 rings (SSSR count). The number of hydrogen-bond donors (Lipinski definition) is 0. The van der Waals surface area contributed by atoms with Crippen LogP contribution in [-0.4, -0.2) is 23.6 Å². The van der Waals surface area contributed by atoms with Crippen LogP contribution in [0, 0.1) is 0 Å². The van der Waals surface area contributed by atoms with Gasteiger partial charge in [-0.05, 0) is 6.42 Å². The molecular formula is C12H20ClN3. The SMILES string of the molecule is CCCN(C)c1cnc(C(C)C)nc1CCl. The summed E-state index contributed by atoms with van der Waals surface area (Å²) in [4.78, 5) is 11.0. The molecule has 0 atom stereocenters. The molecule has 90 valence electrons. The zero-order valence-electron chi connectivity index (χ0n) is 10.5. The number of hydrogen-bond acceptors (Lipinski definition) is 3. The van der Waals surface area contributed by atoms with E-state index in [0.717, 1.165) is 30.2 Å². The highest BCUT2D eigenvalue weighted by atomic mass is 35.5. The Kier molecular flexibility index (Phi) is 5.00. The van der Waals surface area contributed by atoms with Gasteiger partial charge in [0.2, 0.25) is 0 Å². The molecule has 1 aromatic rings. The smallest absolute Gasteiger partial charge is 0.131 e. The highest BCUT2D eigenvalue weighted by Gasteiger charge is 2.11. The van der Waals surface area contributed by atoms with E-state index in [2.05, 4.69) is 35.6 Å². The quantitative estimate of drug-likeness (QED) is 0.742. The van der Waals surface area contributed by atoms with Gasteiger partial charge in [0, 0.05) is 19.5 Å². The van der Waals surface area contributed by atoms with Crippen molar-refractivity contribution in [3.8, 4) is 0 Å². The van der Waals surface area contributed by atoms with Gasteiger partial charge in [0.05, 0.1) is 23.5 Å². The van der Waals surface area contributed by atoms with Gasteiger partial charge in [0.1, 0.15) is 5.82 Å². The number of alkyl halides is 1. The third-order valence-corrected chi connectivity index (χ3v) is 2.73. The lowest BCUT2D eigenvalue weighted by molar-refractivity contribution is 0.756. The number of aromatic nitrogens is 2. The third kappa shape index (κ3) is 3.08. The van der Waals surface area contributed by atoms with Gasteiger partial charge in [-0.25, -0.2) is 9.97 Å². The van der Waals surface area contributed by atoms with Crippen molar-refractivity contribution in [3.05, 3.63) is 17.7 Å². The second-order valence-corrected chi connectivity index (χ2v) is 4.54. The van der Waals surface area contributed by atoms with Crippen LogP contribution in [0.25, 0.3) is 0 Å². The van der Waals surface area contributed by atoms with Crippen LogP contribution in [0.5, 0.6) is 0 Å². The molecule has 0 aromatic carbocycles. The zero-order valence-corrected chi connectivity index (χ0v) is 11.3. The Hall–Kier alpha value is -0.830. The average Bonchev–Trinajstić information content (AvgIpc) is 2.28. The maximum atomic E-state index is 5.94. The van der Waals surface area contributed by atoms with Gasteiger partial charge < -0.3 is 4.90 Å². The fourth-order valence-electron chi connectivity index (χ4n) is 1.58. The van der Waals surface area contributed by atoms with Gasteiger partial charge in [-0.2, -0.15) is 0 Å². The number of anilines is 1. The van der Waals surface area contributed by atoms with Crippen molar-refractivity contribution in [2.75, 3.05) is 18.5 Å². The van der Waals surface area contributed by atoms with E-state index < -0.39 is 0 Å². The summed E-state index contributed by atoms with van der Waals surface area (Å²) in [5.41, 5.74) is 1.97. The fraction of sp³-hybridized carbons (Fsp3) is 0.667. The molecule has 0 aliphatic carbocycles.